The summed E-state index contributed by atoms with van der Waals surface area (Å²) in [6, 6.07) is 11.8. The average Bonchev–Trinajstić information content (AvgIpc) is 2.62. The van der Waals surface area contributed by atoms with Gasteiger partial charge in [-0.05, 0) is 49.0 Å². The van der Waals surface area contributed by atoms with Crippen molar-refractivity contribution in [2.75, 3.05) is 12.4 Å². The van der Waals surface area contributed by atoms with E-state index in [-0.39, 0.29) is 10.8 Å². The van der Waals surface area contributed by atoms with Gasteiger partial charge in [0.25, 0.3) is 5.69 Å². The molecule has 0 aliphatic rings. The molecule has 0 atom stereocenters. The van der Waals surface area contributed by atoms with E-state index < -0.39 is 10.8 Å². The summed E-state index contributed by atoms with van der Waals surface area (Å²) in [5.41, 5.74) is 1.70. The van der Waals surface area contributed by atoms with Crippen molar-refractivity contribution in [2.24, 2.45) is 0 Å². The highest BCUT2D eigenvalue weighted by atomic mass is 32.1. The van der Waals surface area contributed by atoms with E-state index in [1.807, 2.05) is 12.1 Å². The smallest absolute Gasteiger partial charge is 0.274 e. The Hall–Kier alpha value is -3.26. The molecule has 2 aromatic rings. The Morgan fingerprint density at radius 1 is 1.23 bits per heavy atom. The minimum atomic E-state index is -0.472. The zero-order valence-electron chi connectivity index (χ0n) is 14.2. The van der Waals surface area contributed by atoms with Crippen molar-refractivity contribution in [1.29, 1.82) is 0 Å². The number of anilines is 1. The van der Waals surface area contributed by atoms with Crippen molar-refractivity contribution in [3.05, 3.63) is 69.8 Å². The molecule has 0 bridgehead atoms. The molecule has 0 saturated heterocycles. The topological polar surface area (TPSA) is 93.5 Å². The third kappa shape index (κ3) is 5.12. The Bertz CT molecular complexity index is 863. The lowest BCUT2D eigenvalue weighted by Gasteiger charge is -2.10. The van der Waals surface area contributed by atoms with E-state index in [2.05, 4.69) is 10.6 Å². The maximum Gasteiger partial charge on any atom is 0.274 e. The van der Waals surface area contributed by atoms with Gasteiger partial charge in [-0.25, -0.2) is 0 Å². The van der Waals surface area contributed by atoms with Crippen molar-refractivity contribution in [3.63, 3.8) is 0 Å². The number of nitrogens with one attached hydrogen (secondary N) is 2. The first kappa shape index (κ1) is 19.1. The zero-order valence-corrected chi connectivity index (χ0v) is 15.0. The highest BCUT2D eigenvalue weighted by Gasteiger charge is 2.14. The molecule has 0 aliphatic heterocycles. The van der Waals surface area contributed by atoms with Crippen LogP contribution in [-0.4, -0.2) is 23.1 Å². The van der Waals surface area contributed by atoms with Gasteiger partial charge in [-0.15, -0.1) is 0 Å². The second-order valence-electron chi connectivity index (χ2n) is 5.26. The number of rotatable bonds is 5. The summed E-state index contributed by atoms with van der Waals surface area (Å²) < 4.78 is 5.07. The normalized spacial score (nSPS) is 10.4. The second kappa shape index (κ2) is 8.72. The van der Waals surface area contributed by atoms with Gasteiger partial charge < -0.3 is 10.1 Å². The predicted molar refractivity (Wildman–Crippen MR) is 104 cm³/mol. The van der Waals surface area contributed by atoms with Crippen LogP contribution in [0.15, 0.2) is 48.5 Å². The Morgan fingerprint density at radius 2 is 1.92 bits per heavy atom. The number of carbonyl (C=O) groups excluding carboxylic acids is 1. The summed E-state index contributed by atoms with van der Waals surface area (Å²) in [6.45, 7) is 1.61. The third-order valence-corrected chi connectivity index (χ3v) is 3.73. The number of hydrogen-bond acceptors (Lipinski definition) is 5. The quantitative estimate of drug-likeness (QED) is 0.362. The lowest BCUT2D eigenvalue weighted by molar-refractivity contribution is -0.385. The molecule has 7 nitrogen and oxygen atoms in total. The summed E-state index contributed by atoms with van der Waals surface area (Å²) in [5, 5.41) is 16.3. The maximum absolute atomic E-state index is 11.9. The number of thiocarbonyl (C=S) groups is 1. The minimum Gasteiger partial charge on any atom is -0.497 e. The Kier molecular flexibility index (Phi) is 6.40. The van der Waals surface area contributed by atoms with E-state index in [1.54, 1.807) is 44.4 Å². The molecule has 0 spiro atoms. The summed E-state index contributed by atoms with van der Waals surface area (Å²) in [6.07, 6.45) is 2.98. The Balaban J connectivity index is 1.97. The molecular weight excluding hydrogens is 354 g/mol. The Morgan fingerprint density at radius 3 is 2.54 bits per heavy atom. The SMILES string of the molecule is COc1ccc(C=CC(=O)NC(=S)Nc2cccc([N+](=O)[O-])c2C)cc1. The average molecular weight is 371 g/mol. The van der Waals surface area contributed by atoms with Gasteiger partial charge in [0, 0.05) is 12.1 Å². The van der Waals surface area contributed by atoms with Gasteiger partial charge >= 0.3 is 0 Å². The summed E-state index contributed by atoms with van der Waals surface area (Å²) >= 11 is 5.08. The standard InChI is InChI=1S/C18H17N3O4S/c1-12-15(4-3-5-16(12)21(23)24)19-18(26)20-17(22)11-8-13-6-9-14(25-2)10-7-13/h3-11H,1-2H3,(H2,19,20,22,26). The highest BCUT2D eigenvalue weighted by molar-refractivity contribution is 7.80. The monoisotopic (exact) mass is 371 g/mol. The van der Waals surface area contributed by atoms with Crippen molar-refractivity contribution < 1.29 is 14.5 Å². The maximum atomic E-state index is 11.9. The van der Waals surface area contributed by atoms with Crippen LogP contribution in [-0.2, 0) is 4.79 Å². The van der Waals surface area contributed by atoms with Crippen LogP contribution in [0.5, 0.6) is 5.75 Å². The number of benzene rings is 2. The Labute approximate surface area is 155 Å². The summed E-state index contributed by atoms with van der Waals surface area (Å²) in [7, 11) is 1.58. The van der Waals surface area contributed by atoms with Gasteiger partial charge in [0.15, 0.2) is 5.11 Å². The molecule has 0 radical (unpaired) electrons. The van der Waals surface area contributed by atoms with Crippen molar-refractivity contribution in [2.45, 2.75) is 6.92 Å². The van der Waals surface area contributed by atoms with E-state index in [4.69, 9.17) is 17.0 Å². The highest BCUT2D eigenvalue weighted by Crippen LogP contribution is 2.24. The number of ether oxygens (including phenoxy) is 1. The fourth-order valence-corrected chi connectivity index (χ4v) is 2.36. The van der Waals surface area contributed by atoms with Gasteiger partial charge in [-0.1, -0.05) is 18.2 Å². The lowest BCUT2D eigenvalue weighted by atomic mass is 10.1. The van der Waals surface area contributed by atoms with Crippen LogP contribution in [0.1, 0.15) is 11.1 Å². The van der Waals surface area contributed by atoms with Crippen LogP contribution < -0.4 is 15.4 Å². The molecule has 0 aliphatic carbocycles. The van der Waals surface area contributed by atoms with Crippen molar-refractivity contribution >= 4 is 40.7 Å². The van der Waals surface area contributed by atoms with E-state index in [0.29, 0.717) is 11.3 Å². The molecule has 0 heterocycles. The van der Waals surface area contributed by atoms with E-state index in [0.717, 1.165) is 11.3 Å². The predicted octanol–water partition coefficient (Wildman–Crippen LogP) is 3.44. The van der Waals surface area contributed by atoms with Crippen LogP contribution in [0.3, 0.4) is 0 Å². The first-order valence-corrected chi connectivity index (χ1v) is 7.99. The number of amides is 1. The van der Waals surface area contributed by atoms with E-state index in [1.165, 1.54) is 12.1 Å². The van der Waals surface area contributed by atoms with Crippen LogP contribution in [0.25, 0.3) is 6.08 Å². The van der Waals surface area contributed by atoms with Crippen LogP contribution in [0, 0.1) is 17.0 Å². The largest absolute Gasteiger partial charge is 0.497 e. The minimum absolute atomic E-state index is 0.0245. The third-order valence-electron chi connectivity index (χ3n) is 3.53. The molecule has 2 N–H and O–H groups in total. The molecule has 0 saturated carbocycles. The fourth-order valence-electron chi connectivity index (χ4n) is 2.15. The van der Waals surface area contributed by atoms with Gasteiger partial charge in [-0.3, -0.25) is 20.2 Å². The number of nitro groups is 1. The molecule has 0 unspecified atom stereocenters. The fraction of sp³-hybridized carbons (Fsp3) is 0.111. The van der Waals surface area contributed by atoms with E-state index in [9.17, 15) is 14.9 Å². The summed E-state index contributed by atoms with van der Waals surface area (Å²) in [5.74, 6) is 0.311. The molecule has 2 rings (SSSR count). The molecule has 26 heavy (non-hydrogen) atoms. The van der Waals surface area contributed by atoms with Gasteiger partial charge in [0.1, 0.15) is 5.75 Å². The number of nitro benzene ring substituents is 1. The zero-order chi connectivity index (χ0) is 19.1. The first-order chi connectivity index (χ1) is 12.4. The molecular formula is C18H17N3O4S. The first-order valence-electron chi connectivity index (χ1n) is 7.59. The molecule has 0 aromatic heterocycles. The summed E-state index contributed by atoms with van der Waals surface area (Å²) in [4.78, 5) is 22.4. The molecule has 134 valence electrons. The molecule has 2 aromatic carbocycles. The number of nitrogens with zero attached hydrogens (tertiary/aromatic N) is 1. The van der Waals surface area contributed by atoms with Gasteiger partial charge in [0.2, 0.25) is 5.91 Å². The van der Waals surface area contributed by atoms with Gasteiger partial charge in [0.05, 0.1) is 23.3 Å². The molecule has 1 amide bonds. The van der Waals surface area contributed by atoms with Crippen LogP contribution in [0.4, 0.5) is 11.4 Å². The van der Waals surface area contributed by atoms with Crippen LogP contribution >= 0.6 is 12.2 Å². The van der Waals surface area contributed by atoms with Crippen molar-refractivity contribution in [1.82, 2.24) is 5.32 Å². The number of hydrogen-bond donors (Lipinski definition) is 2. The van der Waals surface area contributed by atoms with Crippen LogP contribution in [0.2, 0.25) is 0 Å². The molecule has 0 fully saturated rings. The van der Waals surface area contributed by atoms with E-state index >= 15 is 0 Å². The van der Waals surface area contributed by atoms with Gasteiger partial charge in [-0.2, -0.15) is 0 Å². The lowest BCUT2D eigenvalue weighted by Crippen LogP contribution is -2.33. The molecule has 8 heteroatoms. The number of methoxy groups -OCH3 is 1. The number of carbonyl (C=O) groups is 1. The second-order valence-corrected chi connectivity index (χ2v) is 5.66. The van der Waals surface area contributed by atoms with Crippen molar-refractivity contribution in [3.8, 4) is 5.75 Å².